The summed E-state index contributed by atoms with van der Waals surface area (Å²) in [5, 5.41) is 17.0. The number of nitrogens with one attached hydrogen (secondary N) is 1. The van der Waals surface area contributed by atoms with E-state index in [1.807, 2.05) is 77.5 Å². The molecule has 0 aromatic rings. The number of rotatable bonds is 28. The molecule has 2 atom stereocenters. The monoisotopic (exact) mass is 737 g/mol. The van der Waals surface area contributed by atoms with Crippen LogP contribution in [0.5, 0.6) is 0 Å². The molecule has 0 fully saturated rings. The van der Waals surface area contributed by atoms with Gasteiger partial charge in [-0.15, -0.1) is 70.6 Å². The number of nitrogens with zero attached hydrogens (tertiary/aromatic N) is 2. The van der Waals surface area contributed by atoms with Crippen molar-refractivity contribution in [2.24, 2.45) is 9.98 Å². The van der Waals surface area contributed by atoms with E-state index in [0.717, 1.165) is 54.2 Å². The Bertz CT molecular complexity index is 586. The first-order chi connectivity index (χ1) is 18.6. The van der Waals surface area contributed by atoms with Crippen LogP contribution >= 0.6 is 106 Å². The lowest BCUT2D eigenvalue weighted by Gasteiger charge is -2.06. The molecule has 0 rings (SSSR count). The minimum absolute atomic E-state index is 0.0568. The normalized spacial score (nSPS) is 13.5. The van der Waals surface area contributed by atoms with Crippen molar-refractivity contribution < 1.29 is 19.0 Å². The highest BCUT2D eigenvalue weighted by Crippen LogP contribution is 2.20. The van der Waals surface area contributed by atoms with Gasteiger partial charge in [0, 0.05) is 78.5 Å². The van der Waals surface area contributed by atoms with E-state index >= 15 is 0 Å². The molecule has 2 unspecified atom stereocenters. The number of aliphatic hydroxyl groups excluding tert-OH is 1. The van der Waals surface area contributed by atoms with Crippen molar-refractivity contribution in [3.05, 3.63) is 0 Å². The van der Waals surface area contributed by atoms with E-state index in [-0.39, 0.29) is 11.2 Å². The summed E-state index contributed by atoms with van der Waals surface area (Å²) >= 11 is 13.4. The van der Waals surface area contributed by atoms with Crippen LogP contribution in [0.15, 0.2) is 9.98 Å². The predicted molar refractivity (Wildman–Crippen MR) is 196 cm³/mol. The van der Waals surface area contributed by atoms with Gasteiger partial charge in [0.05, 0.1) is 12.5 Å². The first-order valence-electron chi connectivity index (χ1n) is 11.5. The summed E-state index contributed by atoms with van der Waals surface area (Å²) in [7, 11) is 0. The smallest absolute Gasteiger partial charge is 0.279 e. The summed E-state index contributed by atoms with van der Waals surface area (Å²) in [4.78, 5) is 20.1. The number of hydrogen-bond donors (Lipinski definition) is 2. The van der Waals surface area contributed by atoms with Crippen LogP contribution in [-0.2, 0) is 22.4 Å². The number of aliphatic imine (C=N–C) groups is 2. The number of carbonyl (C=O) groups is 1. The standard InChI is InChI=1S/C20H39N3O4S11/c1-2-21-11-37(26)10-9-31-17-34-16-30-7-8-36-20(25)23-4-6-29-15-33-14-28-5-3-22-12-38(27)19-35-18-32-13-24/h11-12,24H,2-10,13-19H2,1H3,(H,23,25)/b21-11+,22-12+. The highest BCUT2D eigenvalue weighted by atomic mass is 32.3. The SMILES string of the molecule is CC/N=C/[S+]([O-])CCSCSCSCCSC(=O)NCCSCSCSCC/N=C/[S+]([O-])CSCSCO. The van der Waals surface area contributed by atoms with Crippen molar-refractivity contribution in [1.29, 1.82) is 0 Å². The molecule has 7 nitrogen and oxygen atoms in total. The Morgan fingerprint density at radius 2 is 1.42 bits per heavy atom. The largest absolute Gasteiger partial charge is 0.611 e. The van der Waals surface area contributed by atoms with Gasteiger partial charge in [0.25, 0.3) is 5.24 Å². The molecule has 2 N–H and O–H groups in total. The molecule has 0 aliphatic rings. The van der Waals surface area contributed by atoms with E-state index < -0.39 is 22.4 Å². The van der Waals surface area contributed by atoms with E-state index in [4.69, 9.17) is 5.11 Å². The van der Waals surface area contributed by atoms with Gasteiger partial charge < -0.3 is 19.5 Å². The fourth-order valence-electron chi connectivity index (χ4n) is 1.86. The van der Waals surface area contributed by atoms with E-state index in [1.165, 1.54) is 29.1 Å². The second-order valence-electron chi connectivity index (χ2n) is 6.43. The summed E-state index contributed by atoms with van der Waals surface area (Å²) in [5.74, 6) is 5.27. The van der Waals surface area contributed by atoms with Gasteiger partial charge in [-0.05, 0) is 18.1 Å². The van der Waals surface area contributed by atoms with Gasteiger partial charge in [0.15, 0.2) is 5.08 Å². The van der Waals surface area contributed by atoms with Gasteiger partial charge in [-0.1, -0.05) is 23.5 Å². The Morgan fingerprint density at radius 3 is 2.13 bits per heavy atom. The lowest BCUT2D eigenvalue weighted by molar-refractivity contribution is 0.261. The molecule has 38 heavy (non-hydrogen) atoms. The molecule has 0 spiro atoms. The third-order valence-corrected chi connectivity index (χ3v) is 16.6. The second kappa shape index (κ2) is 34.0. The van der Waals surface area contributed by atoms with Crippen LogP contribution < -0.4 is 5.32 Å². The second-order valence-corrected chi connectivity index (χ2v) is 20.7. The fourth-order valence-corrected chi connectivity index (χ4v) is 13.4. The zero-order chi connectivity index (χ0) is 27.9. The Balaban J connectivity index is 3.30. The zero-order valence-corrected chi connectivity index (χ0v) is 30.5. The van der Waals surface area contributed by atoms with E-state index in [9.17, 15) is 13.9 Å². The molecule has 0 saturated carbocycles. The topological polar surface area (TPSA) is 120 Å². The molecule has 0 aliphatic carbocycles. The number of amides is 1. The Kier molecular flexibility index (Phi) is 36.3. The van der Waals surface area contributed by atoms with Crippen LogP contribution in [-0.4, -0.2) is 121 Å². The summed E-state index contributed by atoms with van der Waals surface area (Å²) in [5.41, 5.74) is 3.08. The molecule has 0 heterocycles. The van der Waals surface area contributed by atoms with E-state index in [2.05, 4.69) is 15.3 Å². The fraction of sp³-hybridized carbons (Fsp3) is 0.850. The minimum Gasteiger partial charge on any atom is -0.611 e. The quantitative estimate of drug-likeness (QED) is 0.0343. The molecule has 224 valence electrons. The van der Waals surface area contributed by atoms with Crippen molar-refractivity contribution in [2.45, 2.75) is 6.92 Å². The first-order valence-corrected chi connectivity index (χ1v) is 24.5. The maximum absolute atomic E-state index is 11.9. The summed E-state index contributed by atoms with van der Waals surface area (Å²) < 4.78 is 23.3. The van der Waals surface area contributed by atoms with E-state index in [1.54, 1.807) is 17.3 Å². The number of aliphatic hydroxyl groups is 1. The third kappa shape index (κ3) is 33.0. The van der Waals surface area contributed by atoms with Gasteiger partial charge in [-0.25, -0.2) is 9.98 Å². The lowest BCUT2D eigenvalue weighted by atomic mass is 10.8. The minimum atomic E-state index is -1.03. The highest BCUT2D eigenvalue weighted by Gasteiger charge is 2.04. The van der Waals surface area contributed by atoms with Gasteiger partial charge in [-0.3, -0.25) is 4.79 Å². The van der Waals surface area contributed by atoms with Crippen molar-refractivity contribution in [1.82, 2.24) is 5.32 Å². The van der Waals surface area contributed by atoms with Crippen LogP contribution in [0.4, 0.5) is 4.79 Å². The van der Waals surface area contributed by atoms with Gasteiger partial charge in [0.1, 0.15) is 5.75 Å². The van der Waals surface area contributed by atoms with Crippen LogP contribution in [0.3, 0.4) is 0 Å². The van der Waals surface area contributed by atoms with Crippen molar-refractivity contribution in [3.63, 3.8) is 0 Å². The van der Waals surface area contributed by atoms with Gasteiger partial charge in [0.2, 0.25) is 11.1 Å². The van der Waals surface area contributed by atoms with Crippen molar-refractivity contribution in [3.8, 4) is 0 Å². The van der Waals surface area contributed by atoms with Crippen LogP contribution in [0.25, 0.3) is 0 Å². The van der Waals surface area contributed by atoms with E-state index in [0.29, 0.717) is 30.5 Å². The van der Waals surface area contributed by atoms with Crippen molar-refractivity contribution >= 4 is 145 Å². The predicted octanol–water partition coefficient (Wildman–Crippen LogP) is 5.56. The molecule has 18 heteroatoms. The lowest BCUT2D eigenvalue weighted by Crippen LogP contribution is -2.22. The summed E-state index contributed by atoms with van der Waals surface area (Å²) in [6.07, 6.45) is 0. The van der Waals surface area contributed by atoms with Crippen LogP contribution in [0, 0.1) is 0 Å². The maximum atomic E-state index is 11.9. The number of carbonyl (C=O) groups excluding carboxylic acids is 1. The molecular weight excluding hydrogens is 699 g/mol. The molecule has 0 bridgehead atoms. The maximum Gasteiger partial charge on any atom is 0.279 e. The average Bonchev–Trinajstić information content (AvgIpc) is 2.91. The average molecular weight is 738 g/mol. The molecule has 0 radical (unpaired) electrons. The van der Waals surface area contributed by atoms with Crippen molar-refractivity contribution in [2.75, 3.05) is 90.6 Å². The molecule has 0 saturated heterocycles. The number of hydrogen-bond acceptors (Lipinski definition) is 15. The van der Waals surface area contributed by atoms with Gasteiger partial charge >= 0.3 is 0 Å². The summed E-state index contributed by atoms with van der Waals surface area (Å²) in [6.45, 7) is 4.00. The Labute approximate surface area is 273 Å². The molecule has 1 amide bonds. The molecule has 0 aromatic heterocycles. The Hall–Kier alpha value is 2.54. The van der Waals surface area contributed by atoms with Gasteiger partial charge in [-0.2, -0.15) is 11.8 Å². The van der Waals surface area contributed by atoms with Crippen LogP contribution in [0.1, 0.15) is 6.92 Å². The summed E-state index contributed by atoms with van der Waals surface area (Å²) in [6, 6.07) is 0. The molecular formula is C20H39N3O4S11. The Morgan fingerprint density at radius 1 is 0.789 bits per heavy atom. The van der Waals surface area contributed by atoms with Crippen LogP contribution in [0.2, 0.25) is 0 Å². The number of thioether (sulfide) groups is 9. The third-order valence-electron chi connectivity index (χ3n) is 3.46. The molecule has 0 aliphatic heterocycles. The zero-order valence-electron chi connectivity index (χ0n) is 21.5. The highest BCUT2D eigenvalue weighted by molar-refractivity contribution is 8.24. The first kappa shape index (κ1) is 40.5. The molecule has 0 aromatic carbocycles.